The predicted molar refractivity (Wildman–Crippen MR) is 601 cm³/mol. The fraction of sp³-hybridized carbons (Fsp3) is 0.594. The molecule has 0 bridgehead atoms. The number of aliphatic hydroxyl groups excluding tert-OH is 2. The van der Waals surface area contributed by atoms with Crippen molar-refractivity contribution in [2.45, 2.75) is 489 Å². The Morgan fingerprint density at radius 3 is 0.674 bits per heavy atom. The number of rotatable bonds is 3. The molecule has 0 amide bonds. The minimum Gasteiger partial charge on any atom is -0.395 e. The lowest BCUT2D eigenvalue weighted by Crippen LogP contribution is -2.53. The highest BCUT2D eigenvalue weighted by Gasteiger charge is 2.62. The third kappa shape index (κ3) is 15.1. The molecule has 11 unspecified atom stereocenters. The van der Waals surface area contributed by atoms with E-state index in [9.17, 15) is 30.6 Å². The zero-order chi connectivity index (χ0) is 106. The van der Waals surface area contributed by atoms with Crippen LogP contribution in [0, 0.1) is 104 Å². The van der Waals surface area contributed by atoms with Gasteiger partial charge in [-0.05, 0) is 571 Å². The molecule has 9 aromatic carbocycles. The molecule has 18 aliphatic rings. The van der Waals surface area contributed by atoms with Gasteiger partial charge in [0.15, 0.2) is 0 Å². The second kappa shape index (κ2) is 32.5. The van der Waals surface area contributed by atoms with Gasteiger partial charge in [0.2, 0.25) is 0 Å². The molecular weight excluding hydrogens is 1850 g/mol. The number of hydrogen-bond donors (Lipinski definition) is 6. The summed E-state index contributed by atoms with van der Waals surface area (Å²) >= 11 is 26.3. The van der Waals surface area contributed by atoms with E-state index < -0.39 is 22.4 Å². The summed E-state index contributed by atoms with van der Waals surface area (Å²) in [6.45, 7) is 89.4. The Morgan fingerprint density at radius 1 is 0.194 bits per heavy atom. The molecule has 18 aliphatic carbocycles. The molecule has 0 fully saturated rings. The Bertz CT molecular complexity index is 6420. The number of alkyl halides is 4. The molecule has 774 valence electrons. The van der Waals surface area contributed by atoms with E-state index in [-0.39, 0.29) is 49.1 Å². The third-order valence-corrected chi connectivity index (χ3v) is 42.0. The Kier molecular flexibility index (Phi) is 24.0. The molecule has 0 spiro atoms. The quantitative estimate of drug-likeness (QED) is 0.0972. The highest BCUT2D eigenvalue weighted by Crippen LogP contribution is 2.68. The van der Waals surface area contributed by atoms with E-state index in [2.05, 4.69) is 267 Å². The van der Waals surface area contributed by atoms with E-state index >= 15 is 0 Å². The number of aryl methyl sites for hydroxylation is 6. The summed E-state index contributed by atoms with van der Waals surface area (Å²) < 4.78 is 5.80. The van der Waals surface area contributed by atoms with Crippen LogP contribution >= 0.6 is 46.4 Å². The van der Waals surface area contributed by atoms with Crippen LogP contribution in [0.1, 0.15) is 457 Å². The third-order valence-electron chi connectivity index (χ3n) is 40.7. The van der Waals surface area contributed by atoms with Crippen LogP contribution in [-0.4, -0.2) is 51.0 Å². The topological polar surface area (TPSA) is 131 Å². The number of fused-ring (bicyclic) bond motifs is 27. The first-order valence-corrected chi connectivity index (χ1v) is 56.1. The summed E-state index contributed by atoms with van der Waals surface area (Å²) in [4.78, 5) is -0.710. The highest BCUT2D eigenvalue weighted by atomic mass is 35.5. The maximum Gasteiger partial charge on any atom is 0.0945 e. The Balaban J connectivity index is 0.000000103. The molecule has 0 saturated heterocycles. The summed E-state index contributed by atoms with van der Waals surface area (Å²) in [5, 5.41) is 60.6. The molecule has 27 rings (SSSR count). The van der Waals surface area contributed by atoms with Gasteiger partial charge in [0, 0.05) is 50.0 Å². The zero-order valence-corrected chi connectivity index (χ0v) is 99.0. The van der Waals surface area contributed by atoms with Gasteiger partial charge in [-0.2, -0.15) is 0 Å². The minimum atomic E-state index is -0.781. The maximum absolute atomic E-state index is 10.3. The molecule has 144 heavy (non-hydrogen) atoms. The summed E-state index contributed by atoms with van der Waals surface area (Å²) in [6.07, 6.45) is 18.2. The van der Waals surface area contributed by atoms with E-state index in [1.165, 1.54) is 217 Å². The number of ether oxygens (including phenoxy) is 1. The molecule has 9 aromatic rings. The lowest BCUT2D eigenvalue weighted by atomic mass is 9.48. The number of hydrogen-bond acceptors (Lipinski definition) is 7. The SMILES string of the molecule is CC1(Cl)Cc2c1c1c(c3c2C(C)(Cl)C3)C(C)(Cl)C1.CC1(O)Cc2c1c1c(c3c2C(C)(O)C3)C(C)(O)C1.COC1(C)Cc2c3c(c4c(c21)CC4(C)C)CC3(C)CO.Cc1c2c(c(C)c3c1C(C)(C)C3)C(C)(CO)C2.Cc1c2c(c(C)c3c1C(C)(C)C3)C(C)(Cl)C2.Cc1c2c(c(C)c3c1C(C)(C)C3)C(C)(O)C2.Cc1cc(C)c2c(c1C)CC2(C)C.Cc1cc(C)c2c(c1C)CC2(C)C.Cc1cc(C)c2c(c1C)CC2(C)C. The van der Waals surface area contributed by atoms with Crippen LogP contribution in [0.5, 0.6) is 0 Å². The van der Waals surface area contributed by atoms with Gasteiger partial charge in [-0.1, -0.05) is 129 Å². The lowest BCUT2D eigenvalue weighted by Gasteiger charge is -2.57. The monoisotopic (exact) mass is 2020 g/mol. The molecule has 11 heteroatoms. The summed E-state index contributed by atoms with van der Waals surface area (Å²) in [7, 11) is 1.82. The number of benzene rings is 9. The Morgan fingerprint density at radius 2 is 0.396 bits per heavy atom. The fourth-order valence-electron chi connectivity index (χ4n) is 34.1. The van der Waals surface area contributed by atoms with Crippen LogP contribution in [-0.2, 0) is 217 Å². The van der Waals surface area contributed by atoms with Crippen LogP contribution in [0.25, 0.3) is 0 Å². The predicted octanol–water partition coefficient (Wildman–Crippen LogP) is 28.8. The minimum absolute atomic E-state index is 0.0187. The number of methoxy groups -OCH3 is 1. The van der Waals surface area contributed by atoms with Gasteiger partial charge < -0.3 is 35.4 Å². The first-order chi connectivity index (χ1) is 65.7. The zero-order valence-electron chi connectivity index (χ0n) is 96.0. The van der Waals surface area contributed by atoms with Crippen molar-refractivity contribution in [1.82, 2.24) is 0 Å². The first-order valence-electron chi connectivity index (χ1n) is 54.6. The van der Waals surface area contributed by atoms with Crippen molar-refractivity contribution in [2.24, 2.45) is 0 Å². The second-order valence-electron chi connectivity index (χ2n) is 56.6. The fourth-order valence-corrected chi connectivity index (χ4v) is 35.6. The average Bonchev–Trinajstić information content (AvgIpc) is 0.689. The van der Waals surface area contributed by atoms with Gasteiger partial charge in [-0.25, -0.2) is 0 Å². The normalized spacial score (nSPS) is 30.2. The van der Waals surface area contributed by atoms with Crippen molar-refractivity contribution in [3.63, 3.8) is 0 Å². The van der Waals surface area contributed by atoms with Crippen molar-refractivity contribution < 1.29 is 35.4 Å². The van der Waals surface area contributed by atoms with Gasteiger partial charge in [0.05, 0.1) is 60.7 Å². The van der Waals surface area contributed by atoms with Gasteiger partial charge in [-0.3, -0.25) is 0 Å². The van der Waals surface area contributed by atoms with Crippen molar-refractivity contribution in [3.8, 4) is 0 Å². The maximum atomic E-state index is 10.3. The molecular formula is C133H172Cl4O7. The average molecular weight is 2020 g/mol. The Labute approximate surface area is 886 Å². The molecule has 6 N–H and O–H groups in total. The number of aliphatic hydroxyl groups is 6. The number of halogens is 4. The van der Waals surface area contributed by atoms with Crippen LogP contribution < -0.4 is 0 Å². The van der Waals surface area contributed by atoms with Gasteiger partial charge >= 0.3 is 0 Å². The van der Waals surface area contributed by atoms with Crippen molar-refractivity contribution in [1.29, 1.82) is 0 Å². The van der Waals surface area contributed by atoms with E-state index in [1.807, 2.05) is 34.8 Å². The van der Waals surface area contributed by atoms with Crippen molar-refractivity contribution in [2.75, 3.05) is 20.3 Å². The van der Waals surface area contributed by atoms with Crippen LogP contribution in [0.15, 0.2) is 18.2 Å². The van der Waals surface area contributed by atoms with Crippen LogP contribution in [0.4, 0.5) is 0 Å². The van der Waals surface area contributed by atoms with E-state index in [1.54, 1.807) is 77.9 Å². The Hall–Kier alpha value is -6.14. The summed E-state index contributed by atoms with van der Waals surface area (Å²) in [6, 6.07) is 6.99. The largest absolute Gasteiger partial charge is 0.395 e. The van der Waals surface area contributed by atoms with Crippen molar-refractivity contribution >= 4 is 46.4 Å². The van der Waals surface area contributed by atoms with Gasteiger partial charge in [0.1, 0.15) is 0 Å². The molecule has 0 aliphatic heterocycles. The molecule has 7 nitrogen and oxygen atoms in total. The van der Waals surface area contributed by atoms with E-state index in [0.29, 0.717) is 57.2 Å². The van der Waals surface area contributed by atoms with Crippen molar-refractivity contribution in [3.05, 3.63) is 302 Å². The van der Waals surface area contributed by atoms with E-state index in [4.69, 9.17) is 51.1 Å². The second-order valence-corrected chi connectivity index (χ2v) is 60.0. The first kappa shape index (κ1) is 106. The standard InChI is InChI=1S/C18H24O2.C16H22O.C15H15Cl3.C15H19Cl.C15H18O3.C15H20O.3C13H18/c1-16(2)6-10-13(16)11-7-17(3,9-19)14(11)12-8-18(4,20-5)15(10)12;1-9-12-7-16(5,8-17)14(12)10(2)11-6-15(3,4)13(9)11;1-13(16)4-7-10(13)8-5-14(2,17)12(8)9-6-15(3,18)11(7)9;1-8-11-7-15(5,16)13(11)9(2)10-6-14(3,4)12(8)10;1-13(16)4-7-10(13)8-5-14(2,17)12(8)9-6-15(3,18)11(7)9;1-8-11-7-15(5,16)13(11)9(2)10-6-14(3,4)12(8)10;3*1-8-6-9(2)12-11(10(8)3)7-13(12,4)5/h19H,6-9H2,1-5H3;17H,6-8H2,1-5H3;4-6H2,1-3H3;6-7H2,1-5H3;16-18H,4-6H2,1-3H3;16H,6-7H2,1-5H3;3*6H,7H2,1-5H3. The smallest absolute Gasteiger partial charge is 0.0945 e. The van der Waals surface area contributed by atoms with Crippen LogP contribution in [0.2, 0.25) is 0 Å². The summed E-state index contributed by atoms with van der Waals surface area (Å²) in [5.41, 5.74) is 73.0. The van der Waals surface area contributed by atoms with Crippen LogP contribution in [0.3, 0.4) is 0 Å². The van der Waals surface area contributed by atoms with E-state index in [0.717, 1.165) is 84.7 Å². The van der Waals surface area contributed by atoms with Gasteiger partial charge in [0.25, 0.3) is 0 Å². The lowest BCUT2D eigenvalue weighted by molar-refractivity contribution is -0.0221. The molecule has 0 heterocycles. The molecule has 11 atom stereocenters. The molecule has 0 saturated carbocycles. The summed E-state index contributed by atoms with van der Waals surface area (Å²) in [5.74, 6) is 0. The molecule has 0 radical (unpaired) electrons. The highest BCUT2D eigenvalue weighted by molar-refractivity contribution is 6.29. The molecule has 0 aromatic heterocycles. The van der Waals surface area contributed by atoms with Gasteiger partial charge in [-0.15, -0.1) is 46.4 Å².